The highest BCUT2D eigenvalue weighted by molar-refractivity contribution is 6.32. The van der Waals surface area contributed by atoms with Gasteiger partial charge in [-0.3, -0.25) is 15.1 Å². The number of anilines is 2. The molecule has 2 N–H and O–H groups in total. The predicted molar refractivity (Wildman–Crippen MR) is 154 cm³/mol. The van der Waals surface area contributed by atoms with Crippen molar-refractivity contribution < 1.29 is 24.3 Å². The Morgan fingerprint density at radius 3 is 2.57 bits per heavy atom. The smallest absolute Gasteiger partial charge is 0.407 e. The molecule has 2 aromatic carbocycles. The Morgan fingerprint density at radius 1 is 1.07 bits per heavy atom. The molecule has 0 radical (unpaired) electrons. The molecule has 2 aromatic heterocycles. The Bertz CT molecular complexity index is 1630. The zero-order valence-electron chi connectivity index (χ0n) is 22.4. The van der Waals surface area contributed by atoms with Crippen LogP contribution in [-0.4, -0.2) is 55.7 Å². The van der Waals surface area contributed by atoms with Gasteiger partial charge in [-0.05, 0) is 60.9 Å². The summed E-state index contributed by atoms with van der Waals surface area (Å²) in [5.74, 6) is 1.81. The number of pyridine rings is 1. The molecule has 1 unspecified atom stereocenters. The van der Waals surface area contributed by atoms with Gasteiger partial charge in [-0.25, -0.2) is 14.8 Å². The third-order valence-electron chi connectivity index (χ3n) is 7.80. The lowest BCUT2D eigenvalue weighted by molar-refractivity contribution is -0.385. The number of hydrogen-bond acceptors (Lipinski definition) is 9. The van der Waals surface area contributed by atoms with Crippen LogP contribution in [0.5, 0.6) is 11.5 Å². The number of nitrogens with one attached hydrogen (secondary N) is 1. The molecule has 3 heterocycles. The summed E-state index contributed by atoms with van der Waals surface area (Å²) in [7, 11) is 0. The van der Waals surface area contributed by atoms with Crippen molar-refractivity contribution in [3.8, 4) is 11.5 Å². The minimum Gasteiger partial charge on any atom is -0.486 e. The fourth-order valence-electron chi connectivity index (χ4n) is 5.82. The third kappa shape index (κ3) is 5.84. The van der Waals surface area contributed by atoms with Crippen LogP contribution >= 0.6 is 11.6 Å². The SMILES string of the molecule is O=C(O)N1C[C@H]2CC(COc3cc4ncnc(Nc5ccc(OCc6ccccn6)c(Cl)c5)c4cc3[N+](=O)[O-])C[C@H]2C1. The number of hydrogen-bond donors (Lipinski definition) is 2. The number of amides is 1. The second-order valence-corrected chi connectivity index (χ2v) is 11.0. The third-order valence-corrected chi connectivity index (χ3v) is 8.10. The number of nitro groups is 1. The molecule has 12 nitrogen and oxygen atoms in total. The van der Waals surface area contributed by atoms with E-state index < -0.39 is 11.0 Å². The van der Waals surface area contributed by atoms with Crippen molar-refractivity contribution in [2.75, 3.05) is 25.0 Å². The Hall–Kier alpha value is -4.71. The lowest BCUT2D eigenvalue weighted by atomic mass is 10.0. The molecule has 216 valence electrons. The van der Waals surface area contributed by atoms with Crippen molar-refractivity contribution in [2.24, 2.45) is 17.8 Å². The first-order valence-electron chi connectivity index (χ1n) is 13.5. The molecule has 2 aliphatic rings. The Kier molecular flexibility index (Phi) is 7.62. The number of nitrogens with zero attached hydrogens (tertiary/aromatic N) is 5. The van der Waals surface area contributed by atoms with E-state index in [-0.39, 0.29) is 24.0 Å². The highest BCUT2D eigenvalue weighted by Crippen LogP contribution is 2.42. The lowest BCUT2D eigenvalue weighted by Crippen LogP contribution is -2.28. The number of carbonyl (C=O) groups is 1. The van der Waals surface area contributed by atoms with Gasteiger partial charge in [0.2, 0.25) is 0 Å². The number of carboxylic acid groups (broad SMARTS) is 1. The molecule has 13 heteroatoms. The standard InChI is InChI=1S/C29H27ClN6O6/c30-23-9-20(4-5-26(23)42-15-21-3-1-2-6-31-21)34-28-22-10-25(36(39)40)27(11-24(22)32-16-33-28)41-14-17-7-18-12-35(29(37)38)13-19(18)8-17/h1-6,9-11,16-19H,7-8,12-15H2,(H,37,38)(H,32,33,34)/t17?,18-,19+. The molecule has 0 spiro atoms. The van der Waals surface area contributed by atoms with Gasteiger partial charge >= 0.3 is 11.8 Å². The molecular formula is C29H27ClN6O6. The molecule has 1 amide bonds. The van der Waals surface area contributed by atoms with Crippen LogP contribution in [0.1, 0.15) is 18.5 Å². The van der Waals surface area contributed by atoms with Crippen molar-refractivity contribution >= 4 is 45.8 Å². The van der Waals surface area contributed by atoms with E-state index in [1.54, 1.807) is 30.5 Å². The second-order valence-electron chi connectivity index (χ2n) is 10.6. The van der Waals surface area contributed by atoms with Gasteiger partial charge < -0.3 is 24.8 Å². The average molecular weight is 591 g/mol. The number of nitro benzene ring substituents is 1. The summed E-state index contributed by atoms with van der Waals surface area (Å²) >= 11 is 6.46. The maximum atomic E-state index is 12.0. The zero-order chi connectivity index (χ0) is 29.2. The number of benzene rings is 2. The van der Waals surface area contributed by atoms with Gasteiger partial charge in [0.15, 0.2) is 5.75 Å². The summed E-state index contributed by atoms with van der Waals surface area (Å²) in [6.45, 7) is 1.65. The molecule has 4 aromatic rings. The molecule has 1 saturated heterocycles. The number of halogens is 1. The van der Waals surface area contributed by atoms with Crippen molar-refractivity contribution in [3.05, 3.63) is 81.9 Å². The van der Waals surface area contributed by atoms with Crippen molar-refractivity contribution in [1.29, 1.82) is 0 Å². The van der Waals surface area contributed by atoms with Gasteiger partial charge in [-0.15, -0.1) is 0 Å². The number of fused-ring (bicyclic) bond motifs is 2. The van der Waals surface area contributed by atoms with Gasteiger partial charge in [0.25, 0.3) is 0 Å². The van der Waals surface area contributed by atoms with E-state index in [9.17, 15) is 20.0 Å². The Labute approximate surface area is 245 Å². The number of aromatic nitrogens is 3. The fourth-order valence-corrected chi connectivity index (χ4v) is 6.06. The number of likely N-dealkylation sites (tertiary alicyclic amines) is 1. The Morgan fingerprint density at radius 2 is 1.88 bits per heavy atom. The first-order chi connectivity index (χ1) is 20.3. The van der Waals surface area contributed by atoms with Crippen molar-refractivity contribution in [3.63, 3.8) is 0 Å². The van der Waals surface area contributed by atoms with Gasteiger partial charge in [0.05, 0.1) is 33.1 Å². The van der Waals surface area contributed by atoms with Gasteiger partial charge in [0.1, 0.15) is 24.5 Å². The molecule has 3 atom stereocenters. The minimum atomic E-state index is -0.884. The van der Waals surface area contributed by atoms with Crippen LogP contribution in [0.4, 0.5) is 22.0 Å². The lowest BCUT2D eigenvalue weighted by Gasteiger charge is -2.17. The van der Waals surface area contributed by atoms with Crippen LogP contribution < -0.4 is 14.8 Å². The van der Waals surface area contributed by atoms with E-state index in [1.807, 2.05) is 18.2 Å². The number of ether oxygens (including phenoxy) is 2. The van der Waals surface area contributed by atoms with Crippen LogP contribution in [0.15, 0.2) is 61.1 Å². The molecule has 1 aliphatic heterocycles. The van der Waals surface area contributed by atoms with Gasteiger partial charge in [-0.2, -0.15) is 0 Å². The van der Waals surface area contributed by atoms with Crippen molar-refractivity contribution in [1.82, 2.24) is 19.9 Å². The Balaban J connectivity index is 1.15. The molecule has 1 saturated carbocycles. The van der Waals surface area contributed by atoms with Crippen LogP contribution in [0.3, 0.4) is 0 Å². The zero-order valence-corrected chi connectivity index (χ0v) is 23.1. The normalized spacial score (nSPS) is 19.5. The van der Waals surface area contributed by atoms with Crippen LogP contribution in [0, 0.1) is 27.9 Å². The monoisotopic (exact) mass is 590 g/mol. The largest absolute Gasteiger partial charge is 0.486 e. The van der Waals surface area contributed by atoms with Crippen molar-refractivity contribution in [2.45, 2.75) is 19.4 Å². The minimum absolute atomic E-state index is 0.138. The quantitative estimate of drug-likeness (QED) is 0.177. The maximum absolute atomic E-state index is 12.0. The summed E-state index contributed by atoms with van der Waals surface area (Å²) in [6.07, 6.45) is 3.85. The van der Waals surface area contributed by atoms with Crippen LogP contribution in [0.25, 0.3) is 10.9 Å². The van der Waals surface area contributed by atoms with E-state index in [1.165, 1.54) is 17.3 Å². The molecule has 1 aliphatic carbocycles. The van der Waals surface area contributed by atoms with E-state index in [0.717, 1.165) is 18.5 Å². The summed E-state index contributed by atoms with van der Waals surface area (Å²) in [5, 5.41) is 25.3. The first kappa shape index (κ1) is 27.5. The average Bonchev–Trinajstić information content (AvgIpc) is 3.55. The van der Waals surface area contributed by atoms with E-state index >= 15 is 0 Å². The highest BCUT2D eigenvalue weighted by Gasteiger charge is 2.42. The summed E-state index contributed by atoms with van der Waals surface area (Å²) < 4.78 is 11.8. The fraction of sp³-hybridized carbons (Fsp3) is 0.310. The number of rotatable bonds is 9. The summed E-state index contributed by atoms with van der Waals surface area (Å²) in [5.41, 5.74) is 1.68. The van der Waals surface area contributed by atoms with Gasteiger partial charge in [0, 0.05) is 37.1 Å². The summed E-state index contributed by atoms with van der Waals surface area (Å²) in [6, 6.07) is 13.7. The topological polar surface area (TPSA) is 153 Å². The molecule has 0 bridgehead atoms. The van der Waals surface area contributed by atoms with Gasteiger partial charge in [-0.1, -0.05) is 17.7 Å². The highest BCUT2D eigenvalue weighted by atomic mass is 35.5. The molecule has 2 fully saturated rings. The first-order valence-corrected chi connectivity index (χ1v) is 13.8. The van der Waals surface area contributed by atoms with E-state index in [2.05, 4.69) is 20.3 Å². The van der Waals surface area contributed by atoms with Crippen LogP contribution in [0.2, 0.25) is 5.02 Å². The van der Waals surface area contributed by atoms with E-state index in [0.29, 0.717) is 64.7 Å². The molecular weight excluding hydrogens is 564 g/mol. The molecule has 42 heavy (non-hydrogen) atoms. The maximum Gasteiger partial charge on any atom is 0.407 e. The van der Waals surface area contributed by atoms with Crippen LogP contribution in [-0.2, 0) is 6.61 Å². The second kappa shape index (κ2) is 11.6. The predicted octanol–water partition coefficient (Wildman–Crippen LogP) is 5.92. The van der Waals surface area contributed by atoms with E-state index in [4.69, 9.17) is 21.1 Å². The summed E-state index contributed by atoms with van der Waals surface area (Å²) in [4.78, 5) is 37.1. The molecule has 6 rings (SSSR count).